The minimum absolute atomic E-state index is 0.0723. The van der Waals surface area contributed by atoms with Crippen LogP contribution in [0.5, 0.6) is 0 Å². The fraction of sp³-hybridized carbons (Fsp3) is 0.696. The molecule has 0 aliphatic rings. The van der Waals surface area contributed by atoms with E-state index >= 15 is 0 Å². The molecule has 1 aromatic carbocycles. The minimum atomic E-state index is -2.06. The Bertz CT molecular complexity index is 431. The number of rotatable bonds is 16. The fourth-order valence-electron chi connectivity index (χ4n) is 3.20. The predicted molar refractivity (Wildman–Crippen MR) is 114 cm³/mol. The van der Waals surface area contributed by atoms with E-state index in [4.69, 9.17) is 3.07 Å². The molecular formula is C23H39O2Sn. The zero-order valence-electron chi connectivity index (χ0n) is 17.1. The summed E-state index contributed by atoms with van der Waals surface area (Å²) < 4.78 is 8.47. The maximum atomic E-state index is 12.4. The number of carbonyl (C=O) groups is 1. The zero-order chi connectivity index (χ0) is 18.9. The van der Waals surface area contributed by atoms with Gasteiger partial charge in [-0.3, -0.25) is 0 Å². The SMILES string of the molecule is CCCCCCC[CH2][Sn]([CH2]CCCCCCC)[O]C(=O)c1ccccc1. The van der Waals surface area contributed by atoms with Crippen LogP contribution in [0.4, 0.5) is 0 Å². The number of benzene rings is 1. The zero-order valence-corrected chi connectivity index (χ0v) is 20.0. The topological polar surface area (TPSA) is 26.3 Å². The van der Waals surface area contributed by atoms with Crippen LogP contribution in [0.15, 0.2) is 30.3 Å². The van der Waals surface area contributed by atoms with E-state index in [2.05, 4.69) is 13.8 Å². The molecule has 0 atom stereocenters. The summed E-state index contributed by atoms with van der Waals surface area (Å²) >= 11 is -2.06. The second-order valence-corrected chi connectivity index (χ2v) is 13.8. The Balaban J connectivity index is 2.35. The summed E-state index contributed by atoms with van der Waals surface area (Å²) in [5.74, 6) is -0.0723. The van der Waals surface area contributed by atoms with Crippen molar-refractivity contribution in [2.24, 2.45) is 0 Å². The maximum absolute atomic E-state index is 12.4. The van der Waals surface area contributed by atoms with E-state index in [-0.39, 0.29) is 5.97 Å². The molecule has 0 aliphatic carbocycles. The van der Waals surface area contributed by atoms with Gasteiger partial charge in [0, 0.05) is 0 Å². The molecule has 0 aromatic heterocycles. The van der Waals surface area contributed by atoms with E-state index in [0.717, 1.165) is 5.56 Å². The Morgan fingerprint density at radius 2 is 1.19 bits per heavy atom. The normalized spacial score (nSPS) is 11.0. The Hall–Kier alpha value is -0.511. The van der Waals surface area contributed by atoms with Gasteiger partial charge in [0.1, 0.15) is 0 Å². The molecule has 1 rings (SSSR count). The van der Waals surface area contributed by atoms with Gasteiger partial charge in [0.05, 0.1) is 0 Å². The number of hydrogen-bond acceptors (Lipinski definition) is 2. The first kappa shape index (κ1) is 23.5. The van der Waals surface area contributed by atoms with Crippen LogP contribution in [0.25, 0.3) is 0 Å². The fourth-order valence-corrected chi connectivity index (χ4v) is 9.26. The van der Waals surface area contributed by atoms with Crippen LogP contribution < -0.4 is 0 Å². The molecule has 0 unspecified atom stereocenters. The molecule has 0 amide bonds. The van der Waals surface area contributed by atoms with E-state index in [1.807, 2.05) is 30.3 Å². The van der Waals surface area contributed by atoms with Gasteiger partial charge in [-0.1, -0.05) is 0 Å². The molecular weight excluding hydrogens is 427 g/mol. The van der Waals surface area contributed by atoms with Crippen molar-refractivity contribution in [3.63, 3.8) is 0 Å². The van der Waals surface area contributed by atoms with Crippen LogP contribution in [0.2, 0.25) is 8.87 Å². The van der Waals surface area contributed by atoms with Crippen molar-refractivity contribution in [2.75, 3.05) is 0 Å². The first-order chi connectivity index (χ1) is 12.8. The average molecular weight is 466 g/mol. The molecule has 0 saturated heterocycles. The van der Waals surface area contributed by atoms with E-state index in [1.165, 1.54) is 85.9 Å². The van der Waals surface area contributed by atoms with Gasteiger partial charge in [-0.2, -0.15) is 0 Å². The van der Waals surface area contributed by atoms with Crippen molar-refractivity contribution in [1.82, 2.24) is 0 Å². The molecule has 1 aromatic rings. The van der Waals surface area contributed by atoms with Gasteiger partial charge < -0.3 is 0 Å². The second kappa shape index (κ2) is 16.6. The third kappa shape index (κ3) is 12.0. The molecule has 0 heterocycles. The summed E-state index contributed by atoms with van der Waals surface area (Å²) in [6.07, 6.45) is 15.8. The first-order valence-corrected chi connectivity index (χ1v) is 16.1. The van der Waals surface area contributed by atoms with Gasteiger partial charge in [0.15, 0.2) is 0 Å². The Labute approximate surface area is 169 Å². The summed E-state index contributed by atoms with van der Waals surface area (Å²) in [4.78, 5) is 12.4. The van der Waals surface area contributed by atoms with Crippen LogP contribution >= 0.6 is 0 Å². The van der Waals surface area contributed by atoms with Crippen molar-refractivity contribution in [3.05, 3.63) is 35.9 Å². The molecule has 0 saturated carbocycles. The molecule has 2 nitrogen and oxygen atoms in total. The van der Waals surface area contributed by atoms with E-state index in [1.54, 1.807) is 0 Å². The van der Waals surface area contributed by atoms with Gasteiger partial charge in [-0.25, -0.2) is 0 Å². The number of hydrogen-bond donors (Lipinski definition) is 0. The molecule has 147 valence electrons. The average Bonchev–Trinajstić information content (AvgIpc) is 2.67. The summed E-state index contributed by atoms with van der Waals surface area (Å²) in [6, 6.07) is 9.53. The standard InChI is InChI=1S/2C8H17.C7H6O2.Sn/c2*1-3-5-7-8-6-4-2;8-7(9)6-4-2-1-3-5-6;/h2*1,3-8H2,2H3;1-5H,(H,8,9);/q;;;+1/p-1. The van der Waals surface area contributed by atoms with Crippen LogP contribution in [-0.2, 0) is 3.07 Å². The van der Waals surface area contributed by atoms with Gasteiger partial charge in [-0.15, -0.1) is 0 Å². The Morgan fingerprint density at radius 3 is 1.69 bits per heavy atom. The Morgan fingerprint density at radius 1 is 0.731 bits per heavy atom. The summed E-state index contributed by atoms with van der Waals surface area (Å²) in [5.41, 5.74) is 0.719. The molecule has 0 bridgehead atoms. The number of carbonyl (C=O) groups excluding carboxylic acids is 1. The van der Waals surface area contributed by atoms with E-state index < -0.39 is 20.2 Å². The first-order valence-electron chi connectivity index (χ1n) is 10.9. The van der Waals surface area contributed by atoms with Crippen LogP contribution in [-0.4, -0.2) is 26.1 Å². The second-order valence-electron chi connectivity index (χ2n) is 7.33. The van der Waals surface area contributed by atoms with Crippen molar-refractivity contribution in [1.29, 1.82) is 0 Å². The Kier molecular flexibility index (Phi) is 15.1. The number of unbranched alkanes of at least 4 members (excludes halogenated alkanes) is 10. The third-order valence-corrected chi connectivity index (χ3v) is 11.4. The van der Waals surface area contributed by atoms with Crippen LogP contribution in [0, 0.1) is 0 Å². The van der Waals surface area contributed by atoms with Gasteiger partial charge in [0.25, 0.3) is 0 Å². The summed E-state index contributed by atoms with van der Waals surface area (Å²) in [7, 11) is 0. The van der Waals surface area contributed by atoms with Crippen molar-refractivity contribution >= 4 is 26.1 Å². The van der Waals surface area contributed by atoms with Crippen molar-refractivity contribution in [3.8, 4) is 0 Å². The molecule has 0 N–H and O–H groups in total. The molecule has 0 aliphatic heterocycles. The van der Waals surface area contributed by atoms with Crippen molar-refractivity contribution < 1.29 is 7.87 Å². The molecule has 3 heteroatoms. The monoisotopic (exact) mass is 467 g/mol. The predicted octanol–water partition coefficient (Wildman–Crippen LogP) is 7.56. The van der Waals surface area contributed by atoms with E-state index in [0.29, 0.717) is 0 Å². The molecule has 0 fully saturated rings. The third-order valence-electron chi connectivity index (χ3n) is 4.86. The van der Waals surface area contributed by atoms with Crippen LogP contribution in [0.3, 0.4) is 0 Å². The van der Waals surface area contributed by atoms with Crippen LogP contribution in [0.1, 0.15) is 101 Å². The summed E-state index contributed by atoms with van der Waals surface area (Å²) in [5, 5.41) is 0. The quantitative estimate of drug-likeness (QED) is 0.186. The molecule has 1 radical (unpaired) electrons. The summed E-state index contributed by atoms with van der Waals surface area (Å²) in [6.45, 7) is 4.52. The van der Waals surface area contributed by atoms with Gasteiger partial charge in [-0.05, 0) is 0 Å². The molecule has 26 heavy (non-hydrogen) atoms. The van der Waals surface area contributed by atoms with Gasteiger partial charge in [0.2, 0.25) is 0 Å². The van der Waals surface area contributed by atoms with Gasteiger partial charge >= 0.3 is 170 Å². The molecule has 0 spiro atoms. The van der Waals surface area contributed by atoms with E-state index in [9.17, 15) is 4.79 Å². The van der Waals surface area contributed by atoms with Crippen molar-refractivity contribution in [2.45, 2.75) is 99.8 Å².